The molecule has 0 radical (unpaired) electrons. The van der Waals surface area contributed by atoms with Crippen LogP contribution >= 0.6 is 0 Å². The van der Waals surface area contributed by atoms with Gasteiger partial charge in [-0.15, -0.1) is 0 Å². The van der Waals surface area contributed by atoms with Crippen molar-refractivity contribution in [3.8, 4) is 0 Å². The molecule has 1 aliphatic carbocycles. The first-order valence-corrected chi connectivity index (χ1v) is 8.15. The van der Waals surface area contributed by atoms with E-state index < -0.39 is 5.54 Å². The van der Waals surface area contributed by atoms with Gasteiger partial charge in [0.25, 0.3) is 0 Å². The Kier molecular flexibility index (Phi) is 4.16. The number of amides is 1. The van der Waals surface area contributed by atoms with Gasteiger partial charge in [-0.05, 0) is 31.9 Å². The van der Waals surface area contributed by atoms with Gasteiger partial charge < -0.3 is 15.6 Å². The van der Waals surface area contributed by atoms with E-state index in [0.717, 1.165) is 55.5 Å². The van der Waals surface area contributed by atoms with Gasteiger partial charge in [0.1, 0.15) is 5.82 Å². The minimum atomic E-state index is -0.648. The number of benzene rings is 1. The van der Waals surface area contributed by atoms with Crippen molar-refractivity contribution in [1.29, 1.82) is 0 Å². The summed E-state index contributed by atoms with van der Waals surface area (Å²) in [5.74, 6) is 1.01. The number of hydrogen-bond acceptors (Lipinski definition) is 3. The van der Waals surface area contributed by atoms with Gasteiger partial charge in [0, 0.05) is 19.5 Å². The molecule has 1 aromatic heterocycles. The number of carbonyl (C=O) groups excluding carboxylic acids is 1. The van der Waals surface area contributed by atoms with E-state index in [1.165, 1.54) is 0 Å². The first-order valence-electron chi connectivity index (χ1n) is 8.15. The van der Waals surface area contributed by atoms with Gasteiger partial charge >= 0.3 is 0 Å². The van der Waals surface area contributed by atoms with Crippen molar-refractivity contribution in [3.05, 3.63) is 30.1 Å². The number of rotatable bonds is 5. The minimum absolute atomic E-state index is 0.0100. The SMILES string of the molecule is CCn1c(CCNC(=O)C2(N)CCCC2)nc2ccccc21. The largest absolute Gasteiger partial charge is 0.354 e. The second-order valence-electron chi connectivity index (χ2n) is 6.13. The average molecular weight is 300 g/mol. The molecule has 3 rings (SSSR count). The number of nitrogens with zero attached hydrogens (tertiary/aromatic N) is 2. The molecule has 1 aliphatic rings. The van der Waals surface area contributed by atoms with Crippen LogP contribution in [-0.4, -0.2) is 27.5 Å². The van der Waals surface area contributed by atoms with Crippen LogP contribution < -0.4 is 11.1 Å². The summed E-state index contributed by atoms with van der Waals surface area (Å²) in [5.41, 5.74) is 7.68. The zero-order valence-corrected chi connectivity index (χ0v) is 13.1. The number of nitrogens with one attached hydrogen (secondary N) is 1. The van der Waals surface area contributed by atoms with E-state index in [1.54, 1.807) is 0 Å². The molecule has 1 heterocycles. The molecule has 118 valence electrons. The number of para-hydroxylation sites is 2. The maximum absolute atomic E-state index is 12.2. The third-order valence-electron chi connectivity index (χ3n) is 4.63. The van der Waals surface area contributed by atoms with Crippen molar-refractivity contribution in [1.82, 2.24) is 14.9 Å². The molecule has 0 unspecified atom stereocenters. The van der Waals surface area contributed by atoms with Crippen LogP contribution in [-0.2, 0) is 17.8 Å². The Morgan fingerprint density at radius 1 is 1.36 bits per heavy atom. The van der Waals surface area contributed by atoms with Crippen molar-refractivity contribution in [2.75, 3.05) is 6.54 Å². The molecule has 0 saturated heterocycles. The molecular formula is C17H24N4O. The third-order valence-corrected chi connectivity index (χ3v) is 4.63. The fraction of sp³-hybridized carbons (Fsp3) is 0.529. The molecule has 0 atom stereocenters. The molecule has 1 amide bonds. The smallest absolute Gasteiger partial charge is 0.240 e. The molecule has 2 aromatic rings. The molecule has 1 fully saturated rings. The Balaban J connectivity index is 1.65. The normalized spacial score (nSPS) is 17.0. The van der Waals surface area contributed by atoms with Gasteiger partial charge in [-0.3, -0.25) is 4.79 Å². The molecule has 5 heteroatoms. The maximum Gasteiger partial charge on any atom is 0.240 e. The average Bonchev–Trinajstić information content (AvgIpc) is 3.11. The van der Waals surface area contributed by atoms with Gasteiger partial charge in [0.05, 0.1) is 16.6 Å². The van der Waals surface area contributed by atoms with Gasteiger partial charge in [-0.25, -0.2) is 4.98 Å². The van der Waals surface area contributed by atoms with Crippen LogP contribution in [0.2, 0.25) is 0 Å². The molecular weight excluding hydrogens is 276 g/mol. The Bertz CT molecular complexity index is 670. The summed E-state index contributed by atoms with van der Waals surface area (Å²) >= 11 is 0. The summed E-state index contributed by atoms with van der Waals surface area (Å²) in [6.45, 7) is 3.58. The fourth-order valence-electron chi connectivity index (χ4n) is 3.37. The van der Waals surface area contributed by atoms with Crippen molar-refractivity contribution < 1.29 is 4.79 Å². The van der Waals surface area contributed by atoms with Gasteiger partial charge in [-0.2, -0.15) is 0 Å². The number of carbonyl (C=O) groups is 1. The lowest BCUT2D eigenvalue weighted by Gasteiger charge is -2.22. The molecule has 5 nitrogen and oxygen atoms in total. The van der Waals surface area contributed by atoms with E-state index in [9.17, 15) is 4.79 Å². The van der Waals surface area contributed by atoms with Gasteiger partial charge in [-0.1, -0.05) is 25.0 Å². The van der Waals surface area contributed by atoms with Gasteiger partial charge in [0.2, 0.25) is 5.91 Å². The lowest BCUT2D eigenvalue weighted by atomic mass is 9.98. The molecule has 22 heavy (non-hydrogen) atoms. The van der Waals surface area contributed by atoms with Crippen LogP contribution in [0.25, 0.3) is 11.0 Å². The lowest BCUT2D eigenvalue weighted by Crippen LogP contribution is -2.52. The van der Waals surface area contributed by atoms with Gasteiger partial charge in [0.15, 0.2) is 0 Å². The van der Waals surface area contributed by atoms with Crippen LogP contribution in [0.3, 0.4) is 0 Å². The summed E-state index contributed by atoms with van der Waals surface area (Å²) in [5, 5.41) is 2.99. The summed E-state index contributed by atoms with van der Waals surface area (Å²) in [6.07, 6.45) is 4.42. The summed E-state index contributed by atoms with van der Waals surface area (Å²) in [6, 6.07) is 8.14. The Morgan fingerprint density at radius 3 is 2.82 bits per heavy atom. The molecule has 3 N–H and O–H groups in total. The van der Waals surface area contributed by atoms with E-state index in [0.29, 0.717) is 6.54 Å². The standard InChI is InChI=1S/C17H24N4O/c1-2-21-14-8-4-3-7-13(14)20-15(21)9-12-19-16(22)17(18)10-5-6-11-17/h3-4,7-8H,2,5-6,9-12,18H2,1H3,(H,19,22). The van der Waals surface area contributed by atoms with Crippen molar-refractivity contribution in [2.24, 2.45) is 5.73 Å². The Hall–Kier alpha value is -1.88. The number of fused-ring (bicyclic) bond motifs is 1. The predicted molar refractivity (Wildman–Crippen MR) is 87.5 cm³/mol. The number of hydrogen-bond donors (Lipinski definition) is 2. The number of aromatic nitrogens is 2. The number of nitrogens with two attached hydrogens (primary N) is 1. The maximum atomic E-state index is 12.2. The van der Waals surface area contributed by atoms with Crippen LogP contribution in [0.4, 0.5) is 0 Å². The number of imidazole rings is 1. The first-order chi connectivity index (χ1) is 10.6. The van der Waals surface area contributed by atoms with Crippen molar-refractivity contribution >= 4 is 16.9 Å². The predicted octanol–water partition coefficient (Wildman–Crippen LogP) is 1.99. The third kappa shape index (κ3) is 2.73. The van der Waals surface area contributed by atoms with Crippen LogP contribution in [0, 0.1) is 0 Å². The molecule has 0 bridgehead atoms. The highest BCUT2D eigenvalue weighted by Crippen LogP contribution is 2.27. The molecule has 1 saturated carbocycles. The zero-order chi connectivity index (χ0) is 15.6. The lowest BCUT2D eigenvalue weighted by molar-refractivity contribution is -0.126. The second kappa shape index (κ2) is 6.08. The summed E-state index contributed by atoms with van der Waals surface area (Å²) in [7, 11) is 0. The Labute approximate surface area is 130 Å². The van der Waals surface area contributed by atoms with Crippen LogP contribution in [0.1, 0.15) is 38.4 Å². The zero-order valence-electron chi connectivity index (χ0n) is 13.1. The number of aryl methyl sites for hydroxylation is 1. The topological polar surface area (TPSA) is 72.9 Å². The van der Waals surface area contributed by atoms with Crippen molar-refractivity contribution in [2.45, 2.75) is 51.1 Å². The highest BCUT2D eigenvalue weighted by molar-refractivity contribution is 5.86. The van der Waals surface area contributed by atoms with E-state index in [4.69, 9.17) is 5.73 Å². The fourth-order valence-corrected chi connectivity index (χ4v) is 3.37. The van der Waals surface area contributed by atoms with E-state index in [1.807, 2.05) is 18.2 Å². The van der Waals surface area contributed by atoms with Crippen LogP contribution in [0.15, 0.2) is 24.3 Å². The van der Waals surface area contributed by atoms with E-state index >= 15 is 0 Å². The summed E-state index contributed by atoms with van der Waals surface area (Å²) < 4.78 is 2.20. The highest BCUT2D eigenvalue weighted by Gasteiger charge is 2.36. The van der Waals surface area contributed by atoms with Crippen molar-refractivity contribution in [3.63, 3.8) is 0 Å². The van der Waals surface area contributed by atoms with Crippen LogP contribution in [0.5, 0.6) is 0 Å². The quantitative estimate of drug-likeness (QED) is 0.887. The minimum Gasteiger partial charge on any atom is -0.354 e. The molecule has 0 spiro atoms. The Morgan fingerprint density at radius 2 is 2.09 bits per heavy atom. The summed E-state index contributed by atoms with van der Waals surface area (Å²) in [4.78, 5) is 16.9. The highest BCUT2D eigenvalue weighted by atomic mass is 16.2. The second-order valence-corrected chi connectivity index (χ2v) is 6.13. The monoisotopic (exact) mass is 300 g/mol. The van der Waals surface area contributed by atoms with E-state index in [2.05, 4.69) is 27.9 Å². The first kappa shape index (κ1) is 15.0. The molecule has 0 aliphatic heterocycles. The molecule has 1 aromatic carbocycles. The van der Waals surface area contributed by atoms with E-state index in [-0.39, 0.29) is 5.91 Å².